The Kier molecular flexibility index (Phi) is 2.73. The van der Waals surface area contributed by atoms with E-state index in [0.29, 0.717) is 22.1 Å². The Morgan fingerprint density at radius 3 is 2.63 bits per heavy atom. The number of halogens is 1. The van der Waals surface area contributed by atoms with Gasteiger partial charge in [0.1, 0.15) is 10.9 Å². The van der Waals surface area contributed by atoms with Gasteiger partial charge in [0, 0.05) is 31.2 Å². The molecule has 1 aromatic rings. The van der Waals surface area contributed by atoms with Gasteiger partial charge in [0.05, 0.1) is 0 Å². The van der Waals surface area contributed by atoms with Gasteiger partial charge in [-0.25, -0.2) is 4.98 Å². The summed E-state index contributed by atoms with van der Waals surface area (Å²) in [6.07, 6.45) is 5.40. The lowest BCUT2D eigenvalue weighted by atomic mass is 9.91. The van der Waals surface area contributed by atoms with E-state index in [1.54, 1.807) is 0 Å². The average molecular weight is 295 g/mol. The monoisotopic (exact) mass is 294 g/mol. The van der Waals surface area contributed by atoms with Gasteiger partial charge in [-0.3, -0.25) is 4.90 Å². The number of piperazine rings is 1. The molecule has 2 saturated heterocycles. The van der Waals surface area contributed by atoms with Crippen LogP contribution < -0.4 is 4.90 Å². The highest BCUT2D eigenvalue weighted by Gasteiger charge is 2.47. The van der Waals surface area contributed by atoms with Crippen LogP contribution in [0.1, 0.15) is 30.6 Å². The van der Waals surface area contributed by atoms with E-state index < -0.39 is 0 Å². The minimum absolute atomic E-state index is 0.362. The van der Waals surface area contributed by atoms with Crippen LogP contribution in [0.5, 0.6) is 0 Å². The smallest absolute Gasteiger partial charge is 0.188 e. The van der Waals surface area contributed by atoms with Crippen molar-refractivity contribution in [2.24, 2.45) is 0 Å². The number of hydrogen-bond donors (Lipinski definition) is 0. The van der Waals surface area contributed by atoms with Gasteiger partial charge in [-0.2, -0.15) is 5.26 Å². The van der Waals surface area contributed by atoms with E-state index in [-0.39, 0.29) is 0 Å². The summed E-state index contributed by atoms with van der Waals surface area (Å²) >= 11 is 7.41. The van der Waals surface area contributed by atoms with Crippen LogP contribution in [0.25, 0.3) is 0 Å². The van der Waals surface area contributed by atoms with Gasteiger partial charge < -0.3 is 4.90 Å². The first-order valence-electron chi connectivity index (χ1n) is 6.85. The van der Waals surface area contributed by atoms with Gasteiger partial charge in [0.15, 0.2) is 10.3 Å². The number of nitrogens with zero attached hydrogens (tertiary/aromatic N) is 4. The first kappa shape index (κ1) is 12.0. The van der Waals surface area contributed by atoms with Crippen LogP contribution in [-0.4, -0.2) is 41.1 Å². The van der Waals surface area contributed by atoms with Crippen molar-refractivity contribution in [1.29, 1.82) is 5.26 Å². The van der Waals surface area contributed by atoms with Gasteiger partial charge in [0.25, 0.3) is 0 Å². The van der Waals surface area contributed by atoms with Gasteiger partial charge >= 0.3 is 0 Å². The van der Waals surface area contributed by atoms with E-state index in [9.17, 15) is 0 Å². The zero-order valence-corrected chi connectivity index (χ0v) is 12.1. The molecule has 3 heterocycles. The molecule has 1 aromatic heterocycles. The van der Waals surface area contributed by atoms with Crippen LogP contribution in [0, 0.1) is 11.3 Å². The van der Waals surface area contributed by atoms with Crippen LogP contribution in [-0.2, 0) is 0 Å². The number of nitriles is 1. The lowest BCUT2D eigenvalue weighted by Crippen LogP contribution is -2.52. The van der Waals surface area contributed by atoms with Crippen molar-refractivity contribution in [3.63, 3.8) is 0 Å². The highest BCUT2D eigenvalue weighted by molar-refractivity contribution is 7.16. The fourth-order valence-electron chi connectivity index (χ4n) is 3.58. The molecule has 0 aromatic carbocycles. The molecule has 1 aliphatic carbocycles. The topological polar surface area (TPSA) is 43.2 Å². The molecule has 2 bridgehead atoms. The van der Waals surface area contributed by atoms with E-state index in [0.717, 1.165) is 24.3 Å². The molecule has 3 aliphatic rings. The number of hydrogen-bond acceptors (Lipinski definition) is 5. The van der Waals surface area contributed by atoms with Gasteiger partial charge in [0.2, 0.25) is 0 Å². The predicted molar refractivity (Wildman–Crippen MR) is 75.7 cm³/mol. The minimum Gasteiger partial charge on any atom is -0.342 e. The maximum atomic E-state index is 8.97. The van der Waals surface area contributed by atoms with Crippen molar-refractivity contribution in [2.75, 3.05) is 18.0 Å². The number of likely N-dealkylation sites (tertiary alicyclic amines) is 1. The Bertz CT molecular complexity index is 547. The molecule has 2 atom stereocenters. The summed E-state index contributed by atoms with van der Waals surface area (Å²) in [5.74, 6) is 0. The van der Waals surface area contributed by atoms with Gasteiger partial charge in [-0.05, 0) is 19.3 Å². The molecule has 6 heteroatoms. The van der Waals surface area contributed by atoms with Crippen LogP contribution in [0.15, 0.2) is 0 Å². The van der Waals surface area contributed by atoms with Crippen molar-refractivity contribution in [3.05, 3.63) is 10.0 Å². The number of thiazole rings is 1. The van der Waals surface area contributed by atoms with Crippen LogP contribution in [0.2, 0.25) is 5.15 Å². The molecule has 0 unspecified atom stereocenters. The molecule has 3 fully saturated rings. The highest BCUT2D eigenvalue weighted by atomic mass is 35.5. The summed E-state index contributed by atoms with van der Waals surface area (Å²) in [6.45, 7) is 2.21. The first-order chi connectivity index (χ1) is 9.26. The minimum atomic E-state index is 0.362. The maximum Gasteiger partial charge on any atom is 0.188 e. The SMILES string of the molecule is N#Cc1sc(N2C[C@@H]3C[C@H]2CN3C2CCC2)nc1Cl. The van der Waals surface area contributed by atoms with Crippen molar-refractivity contribution in [3.8, 4) is 6.07 Å². The van der Waals surface area contributed by atoms with Crippen molar-refractivity contribution in [1.82, 2.24) is 9.88 Å². The summed E-state index contributed by atoms with van der Waals surface area (Å²) < 4.78 is 0. The summed E-state index contributed by atoms with van der Waals surface area (Å²) in [5.41, 5.74) is 0. The second kappa shape index (κ2) is 4.34. The lowest BCUT2D eigenvalue weighted by Gasteiger charge is -2.42. The van der Waals surface area contributed by atoms with Crippen molar-refractivity contribution < 1.29 is 0 Å². The van der Waals surface area contributed by atoms with Crippen LogP contribution in [0.4, 0.5) is 5.13 Å². The Hall–Kier alpha value is -0.830. The van der Waals surface area contributed by atoms with E-state index in [1.165, 1.54) is 37.0 Å². The molecule has 100 valence electrons. The Balaban J connectivity index is 1.52. The predicted octanol–water partition coefficient (Wildman–Crippen LogP) is 2.48. The van der Waals surface area contributed by atoms with E-state index in [1.807, 2.05) is 0 Å². The zero-order valence-electron chi connectivity index (χ0n) is 10.5. The average Bonchev–Trinajstić information content (AvgIpc) is 2.99. The Morgan fingerprint density at radius 1 is 1.26 bits per heavy atom. The first-order valence-corrected chi connectivity index (χ1v) is 8.04. The van der Waals surface area contributed by atoms with Gasteiger partial charge in [-0.1, -0.05) is 29.4 Å². The number of rotatable bonds is 2. The Labute approximate surface area is 121 Å². The second-order valence-electron chi connectivity index (χ2n) is 5.71. The van der Waals surface area contributed by atoms with Crippen molar-refractivity contribution >= 4 is 28.1 Å². The Morgan fingerprint density at radius 2 is 2.11 bits per heavy atom. The standard InChI is InChI=1S/C13H15ClN4S/c14-12-11(5-15)19-13(16-12)18-7-9-4-10(18)6-17(9)8-2-1-3-8/h8-10H,1-4,6-7H2/t9-,10-/m0/s1. The molecule has 19 heavy (non-hydrogen) atoms. The fraction of sp³-hybridized carbons (Fsp3) is 0.692. The molecule has 0 radical (unpaired) electrons. The molecule has 0 N–H and O–H groups in total. The number of aromatic nitrogens is 1. The third-order valence-electron chi connectivity index (χ3n) is 4.75. The largest absolute Gasteiger partial charge is 0.342 e. The third kappa shape index (κ3) is 1.78. The lowest BCUT2D eigenvalue weighted by molar-refractivity contribution is 0.107. The second-order valence-corrected chi connectivity index (χ2v) is 7.04. The zero-order chi connectivity index (χ0) is 13.0. The molecule has 4 nitrogen and oxygen atoms in total. The molecule has 0 spiro atoms. The fourth-order valence-corrected chi connectivity index (χ4v) is 4.70. The normalized spacial score (nSPS) is 30.6. The molecular formula is C13H15ClN4S. The highest BCUT2D eigenvalue weighted by Crippen LogP contribution is 2.41. The summed E-state index contributed by atoms with van der Waals surface area (Å²) in [4.78, 5) is 9.95. The summed E-state index contributed by atoms with van der Waals surface area (Å²) in [6, 6.07) is 4.21. The molecule has 0 amide bonds. The molecule has 4 rings (SSSR count). The molecular weight excluding hydrogens is 280 g/mol. The quantitative estimate of drug-likeness (QED) is 0.840. The third-order valence-corrected chi connectivity index (χ3v) is 6.13. The van der Waals surface area contributed by atoms with E-state index >= 15 is 0 Å². The van der Waals surface area contributed by atoms with Crippen LogP contribution >= 0.6 is 22.9 Å². The molecule has 2 aliphatic heterocycles. The summed E-state index contributed by atoms with van der Waals surface area (Å²) in [5, 5.41) is 10.3. The number of fused-ring (bicyclic) bond motifs is 2. The maximum absolute atomic E-state index is 8.97. The number of anilines is 1. The van der Waals surface area contributed by atoms with Crippen molar-refractivity contribution in [2.45, 2.75) is 43.8 Å². The van der Waals surface area contributed by atoms with E-state index in [2.05, 4.69) is 20.9 Å². The molecule has 1 saturated carbocycles. The summed E-state index contributed by atoms with van der Waals surface area (Å²) in [7, 11) is 0. The van der Waals surface area contributed by atoms with Crippen LogP contribution in [0.3, 0.4) is 0 Å². The van der Waals surface area contributed by atoms with E-state index in [4.69, 9.17) is 16.9 Å². The van der Waals surface area contributed by atoms with Gasteiger partial charge in [-0.15, -0.1) is 0 Å².